The first-order valence-electron chi connectivity index (χ1n) is 19.3. The highest BCUT2D eigenvalue weighted by molar-refractivity contribution is 6.32. The molecule has 1 aliphatic heterocycles. The molecule has 0 aliphatic carbocycles. The van der Waals surface area contributed by atoms with Crippen molar-refractivity contribution in [2.45, 2.75) is 12.3 Å². The highest BCUT2D eigenvalue weighted by Crippen LogP contribution is 2.44. The van der Waals surface area contributed by atoms with Crippen LogP contribution in [0, 0.1) is 0 Å². The molecule has 0 fully saturated rings. The summed E-state index contributed by atoms with van der Waals surface area (Å²) >= 11 is 0. The molecule has 5 heteroatoms. The Bertz CT molecular complexity index is 3380. The number of rotatable bonds is 3. The molecule has 12 rings (SSSR count). The van der Waals surface area contributed by atoms with Crippen LogP contribution in [0.15, 0.2) is 193 Å². The van der Waals surface area contributed by atoms with Crippen molar-refractivity contribution >= 4 is 81.9 Å². The van der Waals surface area contributed by atoms with E-state index in [2.05, 4.69) is 208 Å². The first kappa shape index (κ1) is 31.2. The van der Waals surface area contributed by atoms with Crippen LogP contribution in [0.25, 0.3) is 81.6 Å². The Morgan fingerprint density at radius 2 is 0.929 bits per heavy atom. The lowest BCUT2D eigenvalue weighted by molar-refractivity contribution is 0.403. The fourth-order valence-corrected chi connectivity index (χ4v) is 9.22. The van der Waals surface area contributed by atoms with Gasteiger partial charge in [0.15, 0.2) is 0 Å². The van der Waals surface area contributed by atoms with Crippen molar-refractivity contribution in [2.75, 3.05) is 0 Å². The first-order chi connectivity index (χ1) is 27.8. The predicted octanol–water partition coefficient (Wildman–Crippen LogP) is 12.1. The maximum atomic E-state index is 5.55. The minimum Gasteiger partial charge on any atom is -0.336 e. The summed E-state index contributed by atoms with van der Waals surface area (Å²) in [7, 11) is 0. The molecule has 0 saturated heterocycles. The van der Waals surface area contributed by atoms with Crippen molar-refractivity contribution < 1.29 is 0 Å². The molecule has 0 saturated carbocycles. The van der Waals surface area contributed by atoms with Gasteiger partial charge in [-0.1, -0.05) is 164 Å². The van der Waals surface area contributed by atoms with E-state index in [0.717, 1.165) is 39.3 Å². The third kappa shape index (κ3) is 4.62. The monoisotopic (exact) mass is 717 g/mol. The number of fused-ring (bicyclic) bond motifs is 12. The van der Waals surface area contributed by atoms with E-state index in [4.69, 9.17) is 4.99 Å². The van der Waals surface area contributed by atoms with Gasteiger partial charge in [0, 0.05) is 27.2 Å². The van der Waals surface area contributed by atoms with Gasteiger partial charge in [0.05, 0.1) is 22.1 Å². The van der Waals surface area contributed by atoms with E-state index in [0.29, 0.717) is 0 Å². The van der Waals surface area contributed by atoms with Gasteiger partial charge in [0.2, 0.25) is 5.96 Å². The standard InChI is InChI=1S/C51H35N5/c1-3-16-35(17-4-1)49-52-50(36-18-5-2-6-19-36)54-51(53-49)56-44-30-25-34-15-10-12-22-40(34)46(44)42-28-27-41-45-39-21-11-9-14-33(39)24-29-43(45)55(47(41)48(42)56)38-26-23-32-13-7-8-20-37(32)31-38/h1-31,49-50,52H,(H,53,54). The zero-order valence-corrected chi connectivity index (χ0v) is 30.4. The molecule has 56 heavy (non-hydrogen) atoms. The second-order valence-electron chi connectivity index (χ2n) is 14.8. The Morgan fingerprint density at radius 3 is 1.59 bits per heavy atom. The predicted molar refractivity (Wildman–Crippen MR) is 234 cm³/mol. The number of hydrogen-bond acceptors (Lipinski definition) is 3. The lowest BCUT2D eigenvalue weighted by atomic mass is 10.0. The average molecular weight is 718 g/mol. The van der Waals surface area contributed by atoms with Gasteiger partial charge in [0.1, 0.15) is 12.3 Å². The largest absolute Gasteiger partial charge is 0.336 e. The van der Waals surface area contributed by atoms with Crippen LogP contribution in [0.4, 0.5) is 0 Å². The van der Waals surface area contributed by atoms with E-state index >= 15 is 0 Å². The molecule has 2 atom stereocenters. The number of aromatic nitrogens is 2. The van der Waals surface area contributed by atoms with E-state index in [9.17, 15) is 0 Å². The van der Waals surface area contributed by atoms with Crippen molar-refractivity contribution in [3.63, 3.8) is 0 Å². The van der Waals surface area contributed by atoms with E-state index in [1.807, 2.05) is 0 Å². The molecule has 1 aliphatic rings. The summed E-state index contributed by atoms with van der Waals surface area (Å²) in [6.45, 7) is 0. The Morgan fingerprint density at radius 1 is 0.411 bits per heavy atom. The van der Waals surface area contributed by atoms with Gasteiger partial charge in [-0.3, -0.25) is 9.88 Å². The number of nitrogens with one attached hydrogen (secondary N) is 2. The van der Waals surface area contributed by atoms with Gasteiger partial charge < -0.3 is 9.88 Å². The third-order valence-corrected chi connectivity index (χ3v) is 11.7. The van der Waals surface area contributed by atoms with Gasteiger partial charge in [-0.2, -0.15) is 0 Å². The SMILES string of the molecule is c1ccc(C2N=C(n3c4ccc5ccccc5c4c4ccc5c6c7ccccc7ccc6n(-c6ccc7ccccc7c6)c5c43)NC(c3ccccc3)N2)cc1. The lowest BCUT2D eigenvalue weighted by Crippen LogP contribution is -2.47. The molecule has 2 aromatic heterocycles. The number of aliphatic imine (C=N–C) groups is 1. The van der Waals surface area contributed by atoms with E-state index in [1.54, 1.807) is 0 Å². The molecule has 264 valence electrons. The van der Waals surface area contributed by atoms with Crippen LogP contribution in [0.1, 0.15) is 23.5 Å². The Kier molecular flexibility index (Phi) is 6.76. The van der Waals surface area contributed by atoms with Crippen LogP contribution < -0.4 is 10.6 Å². The molecule has 2 N–H and O–H groups in total. The van der Waals surface area contributed by atoms with Gasteiger partial charge in [-0.05, 0) is 67.7 Å². The van der Waals surface area contributed by atoms with Crippen molar-refractivity contribution in [1.29, 1.82) is 0 Å². The van der Waals surface area contributed by atoms with Crippen LogP contribution in [0.5, 0.6) is 0 Å². The molecule has 0 spiro atoms. The molecule has 0 radical (unpaired) electrons. The summed E-state index contributed by atoms with van der Waals surface area (Å²) in [5.41, 5.74) is 7.94. The third-order valence-electron chi connectivity index (χ3n) is 11.7. The fourth-order valence-electron chi connectivity index (χ4n) is 9.22. The second-order valence-corrected chi connectivity index (χ2v) is 14.8. The minimum atomic E-state index is -0.278. The molecular formula is C51H35N5. The molecule has 2 unspecified atom stereocenters. The fraction of sp³-hybridized carbons (Fsp3) is 0.0392. The van der Waals surface area contributed by atoms with Crippen LogP contribution in [0.2, 0.25) is 0 Å². The normalized spacial score (nSPS) is 16.0. The van der Waals surface area contributed by atoms with Crippen molar-refractivity contribution in [1.82, 2.24) is 19.8 Å². The Labute approximate surface area is 322 Å². The summed E-state index contributed by atoms with van der Waals surface area (Å²) in [4.78, 5) is 5.55. The average Bonchev–Trinajstić information content (AvgIpc) is 3.80. The molecule has 5 nitrogen and oxygen atoms in total. The van der Waals surface area contributed by atoms with Crippen LogP contribution >= 0.6 is 0 Å². The topological polar surface area (TPSA) is 46.3 Å². The van der Waals surface area contributed by atoms with Crippen molar-refractivity contribution in [3.05, 3.63) is 199 Å². The van der Waals surface area contributed by atoms with Gasteiger partial charge >= 0.3 is 0 Å². The maximum absolute atomic E-state index is 5.55. The highest BCUT2D eigenvalue weighted by atomic mass is 15.4. The van der Waals surface area contributed by atoms with Gasteiger partial charge in [0.25, 0.3) is 0 Å². The summed E-state index contributed by atoms with van der Waals surface area (Å²) in [6, 6.07) is 68.0. The number of nitrogens with zero attached hydrogens (tertiary/aromatic N) is 3. The molecule has 0 bridgehead atoms. The quantitative estimate of drug-likeness (QED) is 0.191. The molecule has 11 aromatic rings. The molecule has 0 amide bonds. The van der Waals surface area contributed by atoms with Gasteiger partial charge in [-0.25, -0.2) is 4.99 Å². The van der Waals surface area contributed by atoms with Crippen LogP contribution in [0.3, 0.4) is 0 Å². The van der Waals surface area contributed by atoms with E-state index in [1.165, 1.54) is 59.4 Å². The van der Waals surface area contributed by atoms with Gasteiger partial charge in [-0.15, -0.1) is 0 Å². The smallest absolute Gasteiger partial charge is 0.206 e. The second kappa shape index (κ2) is 12.2. The number of hydrogen-bond donors (Lipinski definition) is 2. The zero-order chi connectivity index (χ0) is 36.7. The van der Waals surface area contributed by atoms with Crippen LogP contribution in [-0.2, 0) is 0 Å². The lowest BCUT2D eigenvalue weighted by Gasteiger charge is -2.32. The van der Waals surface area contributed by atoms with E-state index < -0.39 is 0 Å². The maximum Gasteiger partial charge on any atom is 0.206 e. The summed E-state index contributed by atoms with van der Waals surface area (Å²) in [5, 5.41) is 19.9. The van der Waals surface area contributed by atoms with Crippen LogP contribution in [-0.4, -0.2) is 15.1 Å². The summed E-state index contributed by atoms with van der Waals surface area (Å²) in [5.74, 6) is 0.800. The Hall–Kier alpha value is -7.21. The zero-order valence-electron chi connectivity index (χ0n) is 30.4. The van der Waals surface area contributed by atoms with Crippen molar-refractivity contribution in [2.24, 2.45) is 4.99 Å². The van der Waals surface area contributed by atoms with E-state index in [-0.39, 0.29) is 12.3 Å². The molecular weight excluding hydrogens is 683 g/mol. The molecule has 9 aromatic carbocycles. The number of benzene rings is 9. The Balaban J connectivity index is 1.27. The van der Waals surface area contributed by atoms with Crippen molar-refractivity contribution in [3.8, 4) is 5.69 Å². The summed E-state index contributed by atoms with van der Waals surface area (Å²) in [6.07, 6.45) is -0.462. The first-order valence-corrected chi connectivity index (χ1v) is 19.3. The summed E-state index contributed by atoms with van der Waals surface area (Å²) < 4.78 is 4.90. The minimum absolute atomic E-state index is 0.184. The highest BCUT2D eigenvalue weighted by Gasteiger charge is 2.30. The molecule has 3 heterocycles.